The minimum Gasteiger partial charge on any atom is -0.462 e. The van der Waals surface area contributed by atoms with Crippen molar-refractivity contribution in [1.82, 2.24) is 4.90 Å². The smallest absolute Gasteiger partial charge is 0.310 e. The van der Waals surface area contributed by atoms with Crippen LogP contribution in [0.15, 0.2) is 35.4 Å². The Hall–Kier alpha value is -1.52. The van der Waals surface area contributed by atoms with Gasteiger partial charge >= 0.3 is 5.97 Å². The third kappa shape index (κ3) is 3.67. The molecule has 5 heteroatoms. The highest BCUT2D eigenvalue weighted by Gasteiger charge is 2.53. The molecule has 0 spiro atoms. The molecule has 4 atom stereocenters. The van der Waals surface area contributed by atoms with E-state index in [1.165, 1.54) is 24.9 Å². The van der Waals surface area contributed by atoms with Gasteiger partial charge in [-0.15, -0.1) is 0 Å². The van der Waals surface area contributed by atoms with Crippen molar-refractivity contribution in [2.75, 3.05) is 37.6 Å². The molecule has 2 heterocycles. The van der Waals surface area contributed by atoms with E-state index in [0.29, 0.717) is 5.92 Å². The minimum atomic E-state index is 0.0273. The van der Waals surface area contributed by atoms with E-state index >= 15 is 0 Å². The lowest BCUT2D eigenvalue weighted by molar-refractivity contribution is -0.145. The summed E-state index contributed by atoms with van der Waals surface area (Å²) in [5, 5.41) is 0.784. The zero-order valence-electron chi connectivity index (χ0n) is 18.2. The summed E-state index contributed by atoms with van der Waals surface area (Å²) in [6, 6.07) is 8.09. The number of fused-ring (bicyclic) bond motifs is 2. The molecule has 1 saturated carbocycles. The second-order valence-electron chi connectivity index (χ2n) is 10.1. The molecule has 0 N–H and O–H groups in total. The van der Waals surface area contributed by atoms with Crippen LogP contribution in [0, 0.1) is 17.3 Å². The van der Waals surface area contributed by atoms with Crippen LogP contribution in [0.4, 0.5) is 5.69 Å². The number of nitrogens with zero attached hydrogens (tertiary/aromatic N) is 2. The molecule has 1 aromatic carbocycles. The lowest BCUT2D eigenvalue weighted by atomic mass is 9.59. The molecule has 0 aromatic heterocycles. The van der Waals surface area contributed by atoms with Crippen molar-refractivity contribution in [2.24, 2.45) is 17.3 Å². The van der Waals surface area contributed by atoms with Gasteiger partial charge in [0.2, 0.25) is 0 Å². The fourth-order valence-corrected chi connectivity index (χ4v) is 6.65. The lowest BCUT2D eigenvalue weighted by Gasteiger charge is -2.46. The molecular weight excluding hydrogens is 396 g/mol. The number of carbonyl (C=O) groups excluding carboxylic acids is 1. The molecule has 4 nitrogen and oxygen atoms in total. The maximum absolute atomic E-state index is 12.8. The van der Waals surface area contributed by atoms with Crippen LogP contribution in [-0.2, 0) is 9.53 Å². The summed E-state index contributed by atoms with van der Waals surface area (Å²) in [6.45, 7) is 9.45. The van der Waals surface area contributed by atoms with Crippen LogP contribution in [0.25, 0.3) is 0 Å². The van der Waals surface area contributed by atoms with Crippen LogP contribution < -0.4 is 4.90 Å². The van der Waals surface area contributed by atoms with Gasteiger partial charge < -0.3 is 9.64 Å². The Morgan fingerprint density at radius 2 is 2.03 bits per heavy atom. The van der Waals surface area contributed by atoms with E-state index in [-0.39, 0.29) is 23.4 Å². The van der Waals surface area contributed by atoms with Gasteiger partial charge in [0, 0.05) is 49.4 Å². The average molecular weight is 429 g/mol. The molecule has 3 fully saturated rings. The normalized spacial score (nSPS) is 34.6. The molecule has 2 saturated heterocycles. The first-order chi connectivity index (χ1) is 14.4. The number of allylic oxidation sites excluding steroid dienone is 2. The highest BCUT2D eigenvalue weighted by atomic mass is 35.5. The predicted molar refractivity (Wildman–Crippen MR) is 121 cm³/mol. The number of ether oxygens (including phenoxy) is 1. The SMILES string of the molecule is CC1=C2C[C@H]3[C@@H](C[C@@]2(C)CCC1)OC(=O)[C@@H]3CN1CCN(c2cccc(Cl)c2)CC1. The Morgan fingerprint density at radius 3 is 2.80 bits per heavy atom. The summed E-state index contributed by atoms with van der Waals surface area (Å²) in [5.74, 6) is 0.432. The topological polar surface area (TPSA) is 32.8 Å². The molecule has 5 rings (SSSR count). The van der Waals surface area contributed by atoms with Crippen molar-refractivity contribution in [2.45, 2.75) is 52.1 Å². The summed E-state index contributed by atoms with van der Waals surface area (Å²) < 4.78 is 5.96. The second-order valence-corrected chi connectivity index (χ2v) is 10.5. The van der Waals surface area contributed by atoms with Crippen molar-refractivity contribution in [3.63, 3.8) is 0 Å². The molecule has 0 radical (unpaired) electrons. The molecule has 162 valence electrons. The van der Waals surface area contributed by atoms with Gasteiger partial charge in [-0.3, -0.25) is 9.69 Å². The summed E-state index contributed by atoms with van der Waals surface area (Å²) in [4.78, 5) is 17.7. The van der Waals surface area contributed by atoms with Crippen molar-refractivity contribution in [3.8, 4) is 0 Å². The van der Waals surface area contributed by atoms with Gasteiger partial charge in [-0.2, -0.15) is 0 Å². The van der Waals surface area contributed by atoms with Crippen LogP contribution in [0.1, 0.15) is 46.0 Å². The number of anilines is 1. The maximum Gasteiger partial charge on any atom is 0.310 e. The van der Waals surface area contributed by atoms with E-state index in [9.17, 15) is 4.79 Å². The number of rotatable bonds is 3. The monoisotopic (exact) mass is 428 g/mol. The third-order valence-corrected chi connectivity index (χ3v) is 8.42. The maximum atomic E-state index is 12.8. The Labute approximate surface area is 185 Å². The molecule has 0 bridgehead atoms. The van der Waals surface area contributed by atoms with E-state index < -0.39 is 0 Å². The van der Waals surface area contributed by atoms with Crippen LogP contribution in [0.5, 0.6) is 0 Å². The standard InChI is InChI=1S/C25H33ClN2O2/c1-17-5-4-8-25(2)15-23-20(14-22(17)25)21(24(29)30-23)16-27-9-11-28(12-10-27)19-7-3-6-18(26)13-19/h3,6-7,13,20-21,23H,4-5,8-12,14-16H2,1-2H3/t20-,21-,23-,25-/m1/s1. The molecule has 30 heavy (non-hydrogen) atoms. The van der Waals surface area contributed by atoms with Crippen molar-refractivity contribution >= 4 is 23.3 Å². The molecule has 1 aromatic rings. The number of piperazine rings is 1. The molecule has 4 aliphatic rings. The van der Waals surface area contributed by atoms with Crippen molar-refractivity contribution in [3.05, 3.63) is 40.4 Å². The predicted octanol–water partition coefficient (Wildman–Crippen LogP) is 4.92. The van der Waals surface area contributed by atoms with Gasteiger partial charge in [-0.1, -0.05) is 35.7 Å². The minimum absolute atomic E-state index is 0.0273. The van der Waals surface area contributed by atoms with Gasteiger partial charge in [0.05, 0.1) is 5.92 Å². The number of halogens is 1. The van der Waals surface area contributed by atoms with Gasteiger partial charge in [-0.05, 0) is 62.6 Å². The van der Waals surface area contributed by atoms with E-state index in [2.05, 4.69) is 29.7 Å². The summed E-state index contributed by atoms with van der Waals surface area (Å²) >= 11 is 6.16. The number of hydrogen-bond acceptors (Lipinski definition) is 4. The first-order valence-electron chi connectivity index (χ1n) is 11.6. The van der Waals surface area contributed by atoms with Crippen LogP contribution in [0.2, 0.25) is 5.02 Å². The number of carbonyl (C=O) groups is 1. The number of esters is 1. The first kappa shape index (κ1) is 20.4. The number of benzene rings is 1. The first-order valence-corrected chi connectivity index (χ1v) is 11.9. The lowest BCUT2D eigenvalue weighted by Crippen LogP contribution is -2.49. The highest BCUT2D eigenvalue weighted by molar-refractivity contribution is 6.30. The summed E-state index contributed by atoms with van der Waals surface area (Å²) in [5.41, 5.74) is 4.66. The van der Waals surface area contributed by atoms with Crippen molar-refractivity contribution in [1.29, 1.82) is 0 Å². The fraction of sp³-hybridized carbons (Fsp3) is 0.640. The quantitative estimate of drug-likeness (QED) is 0.505. The molecule has 0 amide bonds. The Bertz CT molecular complexity index is 860. The van der Waals surface area contributed by atoms with E-state index in [1.54, 1.807) is 11.1 Å². The van der Waals surface area contributed by atoms with Gasteiger partial charge in [0.1, 0.15) is 6.10 Å². The fourth-order valence-electron chi connectivity index (χ4n) is 6.46. The zero-order valence-corrected chi connectivity index (χ0v) is 19.0. The third-order valence-electron chi connectivity index (χ3n) is 8.18. The molecular formula is C25H33ClN2O2. The molecule has 2 aliphatic carbocycles. The molecule has 0 unspecified atom stereocenters. The van der Waals surface area contributed by atoms with E-state index in [1.807, 2.05) is 18.2 Å². The second kappa shape index (κ2) is 7.87. The Kier molecular flexibility index (Phi) is 5.35. The van der Waals surface area contributed by atoms with E-state index in [0.717, 1.165) is 50.6 Å². The van der Waals surface area contributed by atoms with Gasteiger partial charge in [0.25, 0.3) is 0 Å². The zero-order chi connectivity index (χ0) is 20.9. The summed E-state index contributed by atoms with van der Waals surface area (Å²) in [7, 11) is 0. The number of hydrogen-bond donors (Lipinski definition) is 0. The largest absolute Gasteiger partial charge is 0.462 e. The average Bonchev–Trinajstić information content (AvgIpc) is 3.01. The van der Waals surface area contributed by atoms with Crippen LogP contribution >= 0.6 is 11.6 Å². The highest BCUT2D eigenvalue weighted by Crippen LogP contribution is 2.55. The Balaban J connectivity index is 1.24. The Morgan fingerprint density at radius 1 is 1.23 bits per heavy atom. The summed E-state index contributed by atoms with van der Waals surface area (Å²) in [6.07, 6.45) is 5.96. The van der Waals surface area contributed by atoms with Gasteiger partial charge in [-0.25, -0.2) is 0 Å². The van der Waals surface area contributed by atoms with E-state index in [4.69, 9.17) is 16.3 Å². The molecule has 2 aliphatic heterocycles. The van der Waals surface area contributed by atoms with Crippen molar-refractivity contribution < 1.29 is 9.53 Å². The van der Waals surface area contributed by atoms with Gasteiger partial charge in [0.15, 0.2) is 0 Å². The van der Waals surface area contributed by atoms with Crippen LogP contribution in [-0.4, -0.2) is 49.7 Å². The van der Waals surface area contributed by atoms with Crippen LogP contribution in [0.3, 0.4) is 0 Å².